The summed E-state index contributed by atoms with van der Waals surface area (Å²) in [4.78, 5) is 14.6. The van der Waals surface area contributed by atoms with Crippen LogP contribution in [0.3, 0.4) is 0 Å². The van der Waals surface area contributed by atoms with Gasteiger partial charge >= 0.3 is 0 Å². The van der Waals surface area contributed by atoms with Crippen molar-refractivity contribution in [1.29, 1.82) is 0 Å². The maximum absolute atomic E-state index is 12.7. The van der Waals surface area contributed by atoms with Gasteiger partial charge in [-0.2, -0.15) is 11.3 Å². The number of amides is 1. The molecule has 2 aromatic rings. The lowest BCUT2D eigenvalue weighted by Crippen LogP contribution is -2.40. The van der Waals surface area contributed by atoms with Crippen LogP contribution < -0.4 is 15.2 Å². The predicted molar refractivity (Wildman–Crippen MR) is 104 cm³/mol. The minimum atomic E-state index is -0.299. The number of aryl methyl sites for hydroxylation is 1. The van der Waals surface area contributed by atoms with Crippen LogP contribution in [0.25, 0.3) is 0 Å². The van der Waals surface area contributed by atoms with Gasteiger partial charge in [0.05, 0.1) is 14.2 Å². The molecule has 140 valence electrons. The standard InChI is InChI=1S/C20H26N2O3S/c1-20(21,6-4-14-5-9-26-13-14)7-8-22-12-15-10-17(24-2)18(25-3)11-16(15)19(22)23/h5,9-11,13H,4,6-8,12,21H2,1-3H3. The number of hydrogen-bond donors (Lipinski definition) is 1. The lowest BCUT2D eigenvalue weighted by atomic mass is 9.91. The second-order valence-electron chi connectivity index (χ2n) is 7.13. The van der Waals surface area contributed by atoms with Gasteiger partial charge in [0.15, 0.2) is 11.5 Å². The van der Waals surface area contributed by atoms with Crippen LogP contribution in [0.1, 0.15) is 41.3 Å². The first kappa shape index (κ1) is 18.7. The van der Waals surface area contributed by atoms with E-state index < -0.39 is 0 Å². The van der Waals surface area contributed by atoms with Gasteiger partial charge < -0.3 is 20.1 Å². The summed E-state index contributed by atoms with van der Waals surface area (Å²) in [5.74, 6) is 1.27. The van der Waals surface area contributed by atoms with Crippen LogP contribution in [0.2, 0.25) is 0 Å². The molecule has 0 bridgehead atoms. The smallest absolute Gasteiger partial charge is 0.254 e. The van der Waals surface area contributed by atoms with Crippen LogP contribution in [0, 0.1) is 0 Å². The molecule has 1 aromatic carbocycles. The van der Waals surface area contributed by atoms with Gasteiger partial charge in [-0.05, 0) is 66.3 Å². The van der Waals surface area contributed by atoms with Crippen molar-refractivity contribution >= 4 is 17.2 Å². The van der Waals surface area contributed by atoms with Gasteiger partial charge in [-0.1, -0.05) is 0 Å². The second kappa shape index (κ2) is 7.68. The molecule has 1 aromatic heterocycles. The molecule has 0 radical (unpaired) electrons. The fourth-order valence-corrected chi connectivity index (χ4v) is 3.96. The van der Waals surface area contributed by atoms with Crippen LogP contribution in [0.5, 0.6) is 11.5 Å². The highest BCUT2D eigenvalue weighted by atomic mass is 32.1. The highest BCUT2D eigenvalue weighted by Crippen LogP contribution is 2.35. The van der Waals surface area contributed by atoms with E-state index in [-0.39, 0.29) is 11.4 Å². The fraction of sp³-hybridized carbons (Fsp3) is 0.450. The Bertz CT molecular complexity index is 772. The molecule has 1 amide bonds. The van der Waals surface area contributed by atoms with Crippen molar-refractivity contribution in [1.82, 2.24) is 4.90 Å². The zero-order valence-corrected chi connectivity index (χ0v) is 16.4. The maximum Gasteiger partial charge on any atom is 0.254 e. The number of thiophene rings is 1. The summed E-state index contributed by atoms with van der Waals surface area (Å²) in [6.07, 6.45) is 2.64. The third kappa shape index (κ3) is 4.02. The Kier molecular flexibility index (Phi) is 5.53. The van der Waals surface area contributed by atoms with Crippen molar-refractivity contribution in [2.45, 2.75) is 38.3 Å². The molecular formula is C20H26N2O3S. The Morgan fingerprint density at radius 1 is 1.23 bits per heavy atom. The minimum absolute atomic E-state index is 0.0367. The summed E-state index contributed by atoms with van der Waals surface area (Å²) >= 11 is 1.71. The first-order chi connectivity index (χ1) is 12.4. The molecule has 6 heteroatoms. The minimum Gasteiger partial charge on any atom is -0.493 e. The lowest BCUT2D eigenvalue weighted by molar-refractivity contribution is 0.0766. The molecule has 1 aliphatic rings. The largest absolute Gasteiger partial charge is 0.493 e. The quantitative estimate of drug-likeness (QED) is 0.768. The normalized spacial score (nSPS) is 15.7. The van der Waals surface area contributed by atoms with E-state index in [0.29, 0.717) is 30.2 Å². The molecule has 0 saturated heterocycles. The van der Waals surface area contributed by atoms with E-state index in [1.807, 2.05) is 11.0 Å². The Morgan fingerprint density at radius 3 is 2.62 bits per heavy atom. The molecule has 3 rings (SSSR count). The highest BCUT2D eigenvalue weighted by molar-refractivity contribution is 7.07. The molecule has 1 aliphatic heterocycles. The van der Waals surface area contributed by atoms with E-state index in [9.17, 15) is 4.79 Å². The number of rotatable bonds is 8. The molecule has 1 atom stereocenters. The maximum atomic E-state index is 12.7. The number of nitrogens with two attached hydrogens (primary N) is 1. The van der Waals surface area contributed by atoms with Crippen molar-refractivity contribution < 1.29 is 14.3 Å². The van der Waals surface area contributed by atoms with Crippen LogP contribution in [-0.4, -0.2) is 37.1 Å². The van der Waals surface area contributed by atoms with E-state index in [1.165, 1.54) is 5.56 Å². The highest BCUT2D eigenvalue weighted by Gasteiger charge is 2.30. The third-order valence-corrected chi connectivity index (χ3v) is 5.74. The number of hydrogen-bond acceptors (Lipinski definition) is 5. The number of carbonyl (C=O) groups is 1. The van der Waals surface area contributed by atoms with Crippen LogP contribution in [-0.2, 0) is 13.0 Å². The summed E-state index contributed by atoms with van der Waals surface area (Å²) in [5.41, 5.74) is 9.18. The second-order valence-corrected chi connectivity index (χ2v) is 7.91. The van der Waals surface area contributed by atoms with Crippen LogP contribution in [0.15, 0.2) is 29.0 Å². The number of ether oxygens (including phenoxy) is 2. The van der Waals surface area contributed by atoms with E-state index >= 15 is 0 Å². The van der Waals surface area contributed by atoms with Gasteiger partial charge in [0.2, 0.25) is 0 Å². The molecule has 2 heterocycles. The van der Waals surface area contributed by atoms with Gasteiger partial charge in [-0.3, -0.25) is 4.79 Å². The lowest BCUT2D eigenvalue weighted by Gasteiger charge is -2.27. The van der Waals surface area contributed by atoms with E-state index in [0.717, 1.165) is 24.8 Å². The van der Waals surface area contributed by atoms with Crippen LogP contribution >= 0.6 is 11.3 Å². The molecule has 0 fully saturated rings. The van der Waals surface area contributed by atoms with Crippen LogP contribution in [0.4, 0.5) is 0 Å². The monoisotopic (exact) mass is 374 g/mol. The predicted octanol–water partition coefficient (Wildman–Crippen LogP) is 3.46. The first-order valence-corrected chi connectivity index (χ1v) is 9.72. The van der Waals surface area contributed by atoms with Crippen molar-refractivity contribution in [3.05, 3.63) is 45.6 Å². The number of carbonyl (C=O) groups excluding carboxylic acids is 1. The molecule has 0 aliphatic carbocycles. The topological polar surface area (TPSA) is 64.8 Å². The van der Waals surface area contributed by atoms with Gasteiger partial charge in [0.1, 0.15) is 0 Å². The summed E-state index contributed by atoms with van der Waals surface area (Å²) in [7, 11) is 3.18. The van der Waals surface area contributed by atoms with Crippen molar-refractivity contribution in [3.63, 3.8) is 0 Å². The molecule has 0 saturated carbocycles. The Hall–Kier alpha value is -2.05. The number of nitrogens with zero attached hydrogens (tertiary/aromatic N) is 1. The van der Waals surface area contributed by atoms with E-state index in [4.69, 9.17) is 15.2 Å². The molecule has 0 spiro atoms. The average molecular weight is 375 g/mol. The van der Waals surface area contributed by atoms with Gasteiger partial charge in [-0.25, -0.2) is 0 Å². The summed E-state index contributed by atoms with van der Waals surface area (Å²) < 4.78 is 10.7. The fourth-order valence-electron chi connectivity index (χ4n) is 3.26. The van der Waals surface area contributed by atoms with Gasteiger partial charge in [0.25, 0.3) is 5.91 Å². The van der Waals surface area contributed by atoms with Crippen molar-refractivity contribution in [2.75, 3.05) is 20.8 Å². The van der Waals surface area contributed by atoms with E-state index in [2.05, 4.69) is 23.8 Å². The molecule has 2 N–H and O–H groups in total. The molecule has 5 nitrogen and oxygen atoms in total. The molecular weight excluding hydrogens is 348 g/mol. The van der Waals surface area contributed by atoms with Gasteiger partial charge in [-0.15, -0.1) is 0 Å². The number of methoxy groups -OCH3 is 2. The first-order valence-electron chi connectivity index (χ1n) is 8.77. The third-order valence-electron chi connectivity index (χ3n) is 5.01. The SMILES string of the molecule is COc1cc2c(cc1OC)C(=O)N(CCC(C)(N)CCc1ccsc1)C2. The molecule has 1 unspecified atom stereocenters. The Balaban J connectivity index is 1.61. The van der Waals surface area contributed by atoms with Gasteiger partial charge in [0, 0.05) is 24.2 Å². The summed E-state index contributed by atoms with van der Waals surface area (Å²) in [6.45, 7) is 3.31. The summed E-state index contributed by atoms with van der Waals surface area (Å²) in [6, 6.07) is 5.81. The van der Waals surface area contributed by atoms with Crippen molar-refractivity contribution in [2.24, 2.45) is 5.73 Å². The zero-order chi connectivity index (χ0) is 18.7. The average Bonchev–Trinajstić information content (AvgIpc) is 3.25. The van der Waals surface area contributed by atoms with E-state index in [1.54, 1.807) is 31.6 Å². The summed E-state index contributed by atoms with van der Waals surface area (Å²) in [5, 5.41) is 4.25. The Morgan fingerprint density at radius 2 is 1.96 bits per heavy atom. The number of benzene rings is 1. The molecule has 26 heavy (non-hydrogen) atoms. The van der Waals surface area contributed by atoms with Crippen molar-refractivity contribution in [3.8, 4) is 11.5 Å². The zero-order valence-electron chi connectivity index (χ0n) is 15.6. The number of fused-ring (bicyclic) bond motifs is 1. The Labute approximate surface area is 158 Å².